The van der Waals surface area contributed by atoms with Crippen LogP contribution < -0.4 is 10.0 Å². The van der Waals surface area contributed by atoms with Crippen molar-refractivity contribution in [1.82, 2.24) is 9.97 Å². The first kappa shape index (κ1) is 26.4. The van der Waals surface area contributed by atoms with Gasteiger partial charge in [0.15, 0.2) is 5.82 Å². The number of aromatic nitrogens is 2. The van der Waals surface area contributed by atoms with Crippen molar-refractivity contribution in [2.24, 2.45) is 5.41 Å². The normalized spacial score (nSPS) is 12.0. The van der Waals surface area contributed by atoms with E-state index in [0.29, 0.717) is 16.5 Å². The molecule has 192 valence electrons. The number of amides is 1. The van der Waals surface area contributed by atoms with Crippen LogP contribution in [-0.4, -0.2) is 24.3 Å². The predicted octanol–water partition coefficient (Wildman–Crippen LogP) is 6.32. The summed E-state index contributed by atoms with van der Waals surface area (Å²) < 4.78 is 58.0. The Labute approximate surface area is 218 Å². The quantitative estimate of drug-likeness (QED) is 0.306. The zero-order valence-corrected chi connectivity index (χ0v) is 21.9. The smallest absolute Gasteiger partial charge is 0.262 e. The summed E-state index contributed by atoms with van der Waals surface area (Å²) in [6.07, 6.45) is 1.42. The molecule has 0 spiro atoms. The van der Waals surface area contributed by atoms with Crippen molar-refractivity contribution in [3.63, 3.8) is 0 Å². The summed E-state index contributed by atoms with van der Waals surface area (Å²) in [5, 5.41) is 3.33. The fourth-order valence-electron chi connectivity index (χ4n) is 3.38. The molecule has 0 unspecified atom stereocenters. The monoisotopic (exact) mass is 544 g/mol. The Bertz CT molecular complexity index is 1650. The lowest BCUT2D eigenvalue weighted by Gasteiger charge is -2.16. The van der Waals surface area contributed by atoms with Crippen molar-refractivity contribution in [3.8, 4) is 11.1 Å². The molecule has 0 aliphatic rings. The molecule has 4 aromatic rings. The van der Waals surface area contributed by atoms with Gasteiger partial charge in [-0.05, 0) is 54.4 Å². The number of carbonyl (C=O) groups excluding carboxylic acids is 1. The van der Waals surface area contributed by atoms with Gasteiger partial charge in [-0.2, -0.15) is 0 Å². The Balaban J connectivity index is 1.69. The largest absolute Gasteiger partial charge is 0.294 e. The van der Waals surface area contributed by atoms with E-state index in [0.717, 1.165) is 12.1 Å². The molecule has 0 atom stereocenters. The molecule has 37 heavy (non-hydrogen) atoms. The van der Waals surface area contributed by atoms with E-state index >= 15 is 4.39 Å². The van der Waals surface area contributed by atoms with Gasteiger partial charge in [0.05, 0.1) is 21.7 Å². The van der Waals surface area contributed by atoms with E-state index in [1.807, 2.05) is 0 Å². The highest BCUT2D eigenvalue weighted by Gasteiger charge is 2.23. The number of nitrogens with one attached hydrogen (secondary N) is 2. The molecular weight excluding hydrogens is 522 g/mol. The summed E-state index contributed by atoms with van der Waals surface area (Å²) in [6, 6.07) is 10.6. The topological polar surface area (TPSA) is 101 Å². The van der Waals surface area contributed by atoms with E-state index < -0.39 is 38.3 Å². The van der Waals surface area contributed by atoms with Gasteiger partial charge < -0.3 is 0 Å². The third kappa shape index (κ3) is 5.55. The first-order valence-corrected chi connectivity index (χ1v) is 13.0. The molecule has 1 aromatic heterocycles. The van der Waals surface area contributed by atoms with E-state index in [1.54, 1.807) is 27.7 Å². The standard InChI is InChI=1S/C26H23ClF2N4O3S/c1-14-5-7-17(12-18(14)27)37(35,36)33-21-10-8-19(28)22(23(21)29)15-6-9-20-16(11-15)13-30-25(31-20)32-24(34)26(2,3)4/h5-13,33H,1-4H3,(H,30,31,32,34). The summed E-state index contributed by atoms with van der Waals surface area (Å²) >= 11 is 6.04. The third-order valence-corrected chi connectivity index (χ3v) is 7.33. The molecule has 0 saturated heterocycles. The maximum Gasteiger partial charge on any atom is 0.262 e. The fraction of sp³-hybridized carbons (Fsp3) is 0.192. The number of hydrogen-bond acceptors (Lipinski definition) is 5. The third-order valence-electron chi connectivity index (χ3n) is 5.56. The Morgan fingerprint density at radius 1 is 1.03 bits per heavy atom. The van der Waals surface area contributed by atoms with E-state index in [-0.39, 0.29) is 27.3 Å². The zero-order valence-electron chi connectivity index (χ0n) is 20.4. The minimum absolute atomic E-state index is 0.102. The van der Waals surface area contributed by atoms with Crippen LogP contribution in [0.3, 0.4) is 0 Å². The van der Waals surface area contributed by atoms with Crippen LogP contribution in [0.5, 0.6) is 0 Å². The van der Waals surface area contributed by atoms with Crippen molar-refractivity contribution in [3.05, 3.63) is 76.9 Å². The Morgan fingerprint density at radius 3 is 2.43 bits per heavy atom. The molecule has 4 rings (SSSR count). The highest BCUT2D eigenvalue weighted by molar-refractivity contribution is 7.92. The van der Waals surface area contributed by atoms with Crippen LogP contribution in [0, 0.1) is 24.0 Å². The molecule has 7 nitrogen and oxygen atoms in total. The Hall–Kier alpha value is -3.63. The zero-order chi connectivity index (χ0) is 27.1. The SMILES string of the molecule is Cc1ccc(S(=O)(=O)Nc2ccc(F)c(-c3ccc4nc(NC(=O)C(C)(C)C)ncc4c3)c2F)cc1Cl. The Kier molecular flexibility index (Phi) is 6.91. The molecule has 0 aliphatic heterocycles. The molecular formula is C26H23ClF2N4O3S. The highest BCUT2D eigenvalue weighted by Crippen LogP contribution is 2.33. The second kappa shape index (κ2) is 9.68. The number of anilines is 2. The summed E-state index contributed by atoms with van der Waals surface area (Å²) in [5.74, 6) is -2.13. The number of nitrogens with zero attached hydrogens (tertiary/aromatic N) is 2. The number of aryl methyl sites for hydroxylation is 1. The lowest BCUT2D eigenvalue weighted by molar-refractivity contribution is -0.123. The van der Waals surface area contributed by atoms with Gasteiger partial charge in [0.2, 0.25) is 11.9 Å². The summed E-state index contributed by atoms with van der Waals surface area (Å²) in [7, 11) is -4.20. The van der Waals surface area contributed by atoms with Crippen molar-refractivity contribution in [2.75, 3.05) is 10.0 Å². The maximum absolute atomic E-state index is 15.5. The number of carbonyl (C=O) groups is 1. The molecule has 1 amide bonds. The highest BCUT2D eigenvalue weighted by atomic mass is 35.5. The second-order valence-corrected chi connectivity index (χ2v) is 11.6. The number of sulfonamides is 1. The minimum Gasteiger partial charge on any atom is -0.294 e. The van der Waals surface area contributed by atoms with Gasteiger partial charge >= 0.3 is 0 Å². The van der Waals surface area contributed by atoms with Crippen molar-refractivity contribution < 1.29 is 22.0 Å². The van der Waals surface area contributed by atoms with Gasteiger partial charge in [-0.25, -0.2) is 27.2 Å². The van der Waals surface area contributed by atoms with Gasteiger partial charge in [0.1, 0.15) is 5.82 Å². The molecule has 2 N–H and O–H groups in total. The molecule has 11 heteroatoms. The lowest BCUT2D eigenvalue weighted by Crippen LogP contribution is -2.28. The van der Waals surface area contributed by atoms with Crippen molar-refractivity contribution in [2.45, 2.75) is 32.6 Å². The van der Waals surface area contributed by atoms with Crippen LogP contribution >= 0.6 is 11.6 Å². The first-order chi connectivity index (χ1) is 17.3. The number of rotatable bonds is 5. The Morgan fingerprint density at radius 2 is 1.76 bits per heavy atom. The summed E-state index contributed by atoms with van der Waals surface area (Å²) in [5.41, 5.74) is -0.220. The van der Waals surface area contributed by atoms with Crippen molar-refractivity contribution in [1.29, 1.82) is 0 Å². The number of halogens is 3. The number of fused-ring (bicyclic) bond motifs is 1. The van der Waals surface area contributed by atoms with Gasteiger partial charge in [-0.1, -0.05) is 44.5 Å². The number of benzene rings is 3. The van der Waals surface area contributed by atoms with E-state index in [4.69, 9.17) is 11.6 Å². The van der Waals surface area contributed by atoms with E-state index in [1.165, 1.54) is 42.6 Å². The predicted molar refractivity (Wildman–Crippen MR) is 140 cm³/mol. The fourth-order valence-corrected chi connectivity index (χ4v) is 4.71. The molecule has 0 saturated carbocycles. The van der Waals surface area contributed by atoms with Crippen LogP contribution in [0.2, 0.25) is 5.02 Å². The van der Waals surface area contributed by atoms with Gasteiger partial charge in [-0.3, -0.25) is 14.8 Å². The van der Waals surface area contributed by atoms with Crippen LogP contribution in [0.4, 0.5) is 20.4 Å². The molecule has 1 heterocycles. The van der Waals surface area contributed by atoms with E-state index in [9.17, 15) is 17.6 Å². The molecule has 0 bridgehead atoms. The number of hydrogen-bond donors (Lipinski definition) is 2. The molecule has 0 fully saturated rings. The minimum atomic E-state index is -4.20. The molecule has 0 radical (unpaired) electrons. The van der Waals surface area contributed by atoms with Crippen LogP contribution in [0.25, 0.3) is 22.0 Å². The van der Waals surface area contributed by atoms with Crippen LogP contribution in [0.1, 0.15) is 26.3 Å². The summed E-state index contributed by atoms with van der Waals surface area (Å²) in [4.78, 5) is 20.5. The molecule has 0 aliphatic carbocycles. The average molecular weight is 545 g/mol. The lowest BCUT2D eigenvalue weighted by atomic mass is 9.96. The summed E-state index contributed by atoms with van der Waals surface area (Å²) in [6.45, 7) is 6.98. The second-order valence-electron chi connectivity index (χ2n) is 9.47. The van der Waals surface area contributed by atoms with Crippen LogP contribution in [-0.2, 0) is 14.8 Å². The first-order valence-electron chi connectivity index (χ1n) is 11.1. The van der Waals surface area contributed by atoms with Crippen LogP contribution in [0.15, 0.2) is 59.6 Å². The molecule has 3 aromatic carbocycles. The van der Waals surface area contributed by atoms with Gasteiger partial charge in [0, 0.05) is 22.0 Å². The van der Waals surface area contributed by atoms with E-state index in [2.05, 4.69) is 20.0 Å². The maximum atomic E-state index is 15.5. The van der Waals surface area contributed by atoms with Crippen molar-refractivity contribution >= 4 is 50.1 Å². The average Bonchev–Trinajstić information content (AvgIpc) is 2.82. The van der Waals surface area contributed by atoms with Gasteiger partial charge in [-0.15, -0.1) is 0 Å². The van der Waals surface area contributed by atoms with Gasteiger partial charge in [0.25, 0.3) is 10.0 Å².